The summed E-state index contributed by atoms with van der Waals surface area (Å²) in [6.45, 7) is 4.80. The van der Waals surface area contributed by atoms with Crippen LogP contribution in [0.2, 0.25) is 0 Å². The Labute approximate surface area is 224 Å². The van der Waals surface area contributed by atoms with Crippen molar-refractivity contribution in [1.29, 1.82) is 0 Å². The summed E-state index contributed by atoms with van der Waals surface area (Å²) in [5.74, 6) is -0.142. The lowest BCUT2D eigenvalue weighted by Gasteiger charge is -2.28. The van der Waals surface area contributed by atoms with Gasteiger partial charge in [-0.15, -0.1) is 0 Å². The molecule has 1 aromatic carbocycles. The number of esters is 1. The number of aliphatic hydroxyl groups is 2. The summed E-state index contributed by atoms with van der Waals surface area (Å²) < 4.78 is 24.5. The van der Waals surface area contributed by atoms with E-state index in [9.17, 15) is 24.6 Å². The molecule has 4 rings (SSSR count). The molecular weight excluding hydrogens is 537 g/mol. The van der Waals surface area contributed by atoms with E-state index in [1.165, 1.54) is 13.1 Å². The molecule has 38 heavy (non-hydrogen) atoms. The predicted octanol–water partition coefficient (Wildman–Crippen LogP) is 1.25. The summed E-state index contributed by atoms with van der Waals surface area (Å²) in [7, 11) is 0. The van der Waals surface area contributed by atoms with Crippen molar-refractivity contribution in [2.45, 2.75) is 82.8 Å². The fourth-order valence-corrected chi connectivity index (χ4v) is 7.12. The summed E-state index contributed by atoms with van der Waals surface area (Å²) in [5, 5.41) is 25.1. The van der Waals surface area contributed by atoms with Crippen LogP contribution in [0.5, 0.6) is 5.75 Å². The Kier molecular flexibility index (Phi) is 7.76. The minimum Gasteiger partial charge on any atom is -0.462 e. The van der Waals surface area contributed by atoms with Crippen LogP contribution in [0, 0.1) is 6.92 Å². The first-order valence-electron chi connectivity index (χ1n) is 12.1. The molecule has 1 saturated carbocycles. The molecule has 1 spiro atoms. The van der Waals surface area contributed by atoms with Gasteiger partial charge < -0.3 is 28.7 Å². The SMILES string of the molecule is Cc1ccc(OP(=S)(N[C@@H](C)C(=O)OC(C)C)OC2CC23O[C@@H](n2ccc(=O)[nH]c2=O)[C@](C)(O)[C@@H]3O)cc1. The molecule has 0 radical (unpaired) electrons. The zero-order valence-corrected chi connectivity index (χ0v) is 23.3. The standard InChI is InChI=1S/C24H32N3O9PS/c1-13(2)33-19(29)15(4)26-37(38,35-16-8-6-14(3)7-9-16)36-17-12-24(17)20(30)23(5,32)21(34-24)27-11-10-18(28)25-22(27)31/h6-11,13,15,17,20-21,30,32H,12H2,1-5H3,(H,26,38)(H,25,28,31)/t15-,17?,20-,21+,23+,24?,37?/m0/s1. The van der Waals surface area contributed by atoms with Gasteiger partial charge in [0, 0.05) is 18.7 Å². The van der Waals surface area contributed by atoms with Gasteiger partial charge in [-0.1, -0.05) is 17.7 Å². The Morgan fingerprint density at radius 3 is 2.53 bits per heavy atom. The van der Waals surface area contributed by atoms with Crippen LogP contribution < -0.4 is 20.9 Å². The molecule has 1 aliphatic carbocycles. The number of aryl methyl sites for hydroxylation is 1. The molecule has 208 valence electrons. The van der Waals surface area contributed by atoms with Crippen molar-refractivity contribution >= 4 is 24.4 Å². The van der Waals surface area contributed by atoms with Crippen LogP contribution in [0.1, 0.15) is 45.9 Å². The molecule has 1 aliphatic heterocycles. The zero-order valence-electron chi connectivity index (χ0n) is 21.6. The molecule has 3 unspecified atom stereocenters. The van der Waals surface area contributed by atoms with Crippen molar-refractivity contribution in [3.8, 4) is 5.75 Å². The van der Waals surface area contributed by atoms with Crippen LogP contribution in [0.4, 0.5) is 0 Å². The summed E-state index contributed by atoms with van der Waals surface area (Å²) >= 11 is 5.77. The third-order valence-electron chi connectivity index (χ3n) is 6.41. The highest BCUT2D eigenvalue weighted by molar-refractivity contribution is 8.09. The lowest BCUT2D eigenvalue weighted by molar-refractivity contribution is -0.149. The minimum absolute atomic E-state index is 0.126. The molecule has 2 heterocycles. The first-order chi connectivity index (χ1) is 17.7. The van der Waals surface area contributed by atoms with Crippen LogP contribution in [-0.2, 0) is 30.6 Å². The molecule has 2 aliphatic rings. The van der Waals surface area contributed by atoms with Crippen LogP contribution in [-0.4, -0.2) is 61.3 Å². The average molecular weight is 570 g/mol. The Hall–Kier alpha value is -2.38. The summed E-state index contributed by atoms with van der Waals surface area (Å²) in [6.07, 6.45) is -2.67. The quantitative estimate of drug-likeness (QED) is 0.254. The van der Waals surface area contributed by atoms with Crippen LogP contribution >= 0.6 is 6.64 Å². The largest absolute Gasteiger partial charge is 0.462 e. The lowest BCUT2D eigenvalue weighted by Crippen LogP contribution is -2.47. The van der Waals surface area contributed by atoms with Gasteiger partial charge in [-0.05, 0) is 58.6 Å². The van der Waals surface area contributed by atoms with Gasteiger partial charge in [0.1, 0.15) is 35.2 Å². The van der Waals surface area contributed by atoms with Crippen molar-refractivity contribution in [1.82, 2.24) is 14.6 Å². The maximum Gasteiger partial charge on any atom is 0.330 e. The number of ether oxygens (including phenoxy) is 2. The number of nitrogens with zero attached hydrogens (tertiary/aromatic N) is 1. The number of hydrogen-bond donors (Lipinski definition) is 4. The molecular formula is C24H32N3O9PS. The summed E-state index contributed by atoms with van der Waals surface area (Å²) in [5.41, 5.74) is -3.74. The molecule has 2 aromatic rings. The highest BCUT2D eigenvalue weighted by Crippen LogP contribution is 2.62. The number of carbonyl (C=O) groups excluding carboxylic acids is 1. The van der Waals surface area contributed by atoms with Gasteiger partial charge in [-0.25, -0.2) is 9.88 Å². The number of aliphatic hydroxyl groups excluding tert-OH is 1. The van der Waals surface area contributed by atoms with E-state index in [0.717, 1.165) is 16.2 Å². The number of aromatic nitrogens is 2. The number of benzene rings is 1. The predicted molar refractivity (Wildman–Crippen MR) is 140 cm³/mol. The Morgan fingerprint density at radius 2 is 1.92 bits per heavy atom. The van der Waals surface area contributed by atoms with E-state index < -0.39 is 59.5 Å². The van der Waals surface area contributed by atoms with Crippen molar-refractivity contribution in [3.63, 3.8) is 0 Å². The lowest BCUT2D eigenvalue weighted by atomic mass is 9.95. The van der Waals surface area contributed by atoms with E-state index in [2.05, 4.69) is 10.1 Å². The van der Waals surface area contributed by atoms with Crippen LogP contribution in [0.25, 0.3) is 0 Å². The normalized spacial score (nSPS) is 30.7. The van der Waals surface area contributed by atoms with Gasteiger partial charge in [0.25, 0.3) is 5.56 Å². The van der Waals surface area contributed by atoms with Crippen molar-refractivity contribution in [2.75, 3.05) is 0 Å². The summed E-state index contributed by atoms with van der Waals surface area (Å²) in [6, 6.07) is 7.32. The minimum atomic E-state index is -3.46. The topological polar surface area (TPSA) is 161 Å². The summed E-state index contributed by atoms with van der Waals surface area (Å²) in [4.78, 5) is 38.5. The maximum atomic E-state index is 12.5. The van der Waals surface area contributed by atoms with Crippen molar-refractivity contribution in [2.24, 2.45) is 0 Å². The van der Waals surface area contributed by atoms with Gasteiger partial charge in [0.05, 0.1) is 6.10 Å². The monoisotopic (exact) mass is 569 g/mol. The van der Waals surface area contributed by atoms with E-state index in [1.54, 1.807) is 32.9 Å². The molecule has 14 heteroatoms. The molecule has 2 fully saturated rings. The smallest absolute Gasteiger partial charge is 0.330 e. The Morgan fingerprint density at radius 1 is 1.26 bits per heavy atom. The van der Waals surface area contributed by atoms with Gasteiger partial charge >= 0.3 is 18.3 Å². The average Bonchev–Trinajstić information content (AvgIpc) is 3.45. The van der Waals surface area contributed by atoms with E-state index in [0.29, 0.717) is 5.75 Å². The highest BCUT2D eigenvalue weighted by Gasteiger charge is 2.74. The molecule has 1 saturated heterocycles. The number of nitrogens with one attached hydrogen (secondary N) is 2. The number of hydrogen-bond acceptors (Lipinski definition) is 10. The van der Waals surface area contributed by atoms with E-state index >= 15 is 0 Å². The highest BCUT2D eigenvalue weighted by atomic mass is 32.5. The van der Waals surface area contributed by atoms with Gasteiger partial charge in [-0.2, -0.15) is 0 Å². The van der Waals surface area contributed by atoms with Gasteiger partial charge in [0.15, 0.2) is 6.23 Å². The first kappa shape index (κ1) is 28.6. The molecule has 0 amide bonds. The first-order valence-corrected chi connectivity index (χ1v) is 14.7. The number of carbonyl (C=O) groups is 1. The number of H-pyrrole nitrogens is 1. The number of aromatic amines is 1. The molecule has 7 atom stereocenters. The van der Waals surface area contributed by atoms with E-state index in [1.807, 2.05) is 19.1 Å². The molecule has 12 nitrogen and oxygen atoms in total. The Balaban J connectivity index is 1.59. The fraction of sp³-hybridized carbons (Fsp3) is 0.542. The van der Waals surface area contributed by atoms with Crippen molar-refractivity contribution in [3.05, 3.63) is 62.9 Å². The number of rotatable bonds is 9. The molecule has 4 N–H and O–H groups in total. The van der Waals surface area contributed by atoms with Crippen molar-refractivity contribution < 1.29 is 33.5 Å². The second-order valence-electron chi connectivity index (χ2n) is 10.1. The van der Waals surface area contributed by atoms with E-state index in [4.69, 9.17) is 30.3 Å². The second-order valence-corrected chi connectivity index (χ2v) is 13.2. The molecule has 1 aromatic heterocycles. The fourth-order valence-electron chi connectivity index (χ4n) is 4.35. The maximum absolute atomic E-state index is 12.5. The Bertz CT molecular complexity index is 1360. The van der Waals surface area contributed by atoms with Crippen LogP contribution in [0.15, 0.2) is 46.1 Å². The van der Waals surface area contributed by atoms with Gasteiger partial charge in [0.2, 0.25) is 0 Å². The third-order valence-corrected chi connectivity index (χ3v) is 8.90. The second kappa shape index (κ2) is 10.3. The van der Waals surface area contributed by atoms with E-state index in [-0.39, 0.29) is 12.5 Å². The zero-order chi connectivity index (χ0) is 28.0. The van der Waals surface area contributed by atoms with Crippen LogP contribution in [0.3, 0.4) is 0 Å². The van der Waals surface area contributed by atoms with Gasteiger partial charge in [-0.3, -0.25) is 19.1 Å². The third kappa shape index (κ3) is 5.64. The molecule has 0 bridgehead atoms.